The highest BCUT2D eigenvalue weighted by Gasteiger charge is 2.18. The molecule has 32 heavy (non-hydrogen) atoms. The lowest BCUT2D eigenvalue weighted by Gasteiger charge is -2.16. The summed E-state index contributed by atoms with van der Waals surface area (Å²) >= 11 is 0. The van der Waals surface area contributed by atoms with E-state index in [2.05, 4.69) is 73.9 Å². The maximum absolute atomic E-state index is 5.87. The van der Waals surface area contributed by atoms with Gasteiger partial charge in [0.05, 0.1) is 17.6 Å². The molecule has 1 aromatic heterocycles. The van der Waals surface area contributed by atoms with Gasteiger partial charge in [-0.05, 0) is 60.6 Å². The van der Waals surface area contributed by atoms with Crippen molar-refractivity contribution in [3.8, 4) is 5.75 Å². The lowest BCUT2D eigenvalue weighted by Crippen LogP contribution is -2.10. The van der Waals surface area contributed by atoms with Crippen molar-refractivity contribution >= 4 is 11.0 Å². The van der Waals surface area contributed by atoms with Crippen LogP contribution in [0.4, 0.5) is 0 Å². The van der Waals surface area contributed by atoms with Crippen LogP contribution < -0.4 is 4.74 Å². The molecule has 0 fully saturated rings. The van der Waals surface area contributed by atoms with E-state index >= 15 is 0 Å². The van der Waals surface area contributed by atoms with Gasteiger partial charge in [0.1, 0.15) is 11.6 Å². The molecule has 3 aromatic carbocycles. The second-order valence-corrected chi connectivity index (χ2v) is 9.04. The third-order valence-corrected chi connectivity index (χ3v) is 5.98. The first kappa shape index (κ1) is 22.1. The zero-order valence-corrected chi connectivity index (χ0v) is 19.5. The molecule has 0 N–H and O–H groups in total. The molecule has 166 valence electrons. The molecule has 3 nitrogen and oxygen atoms in total. The van der Waals surface area contributed by atoms with Gasteiger partial charge in [-0.25, -0.2) is 4.98 Å². The van der Waals surface area contributed by atoms with Crippen LogP contribution in [0.15, 0.2) is 78.9 Å². The van der Waals surface area contributed by atoms with Crippen molar-refractivity contribution in [2.75, 3.05) is 6.61 Å². The largest absolute Gasteiger partial charge is 0.494 e. The third kappa shape index (κ3) is 5.40. The molecule has 0 radical (unpaired) electrons. The molecule has 0 amide bonds. The van der Waals surface area contributed by atoms with Crippen LogP contribution in [0.1, 0.15) is 56.5 Å². The number of benzene rings is 3. The molecule has 1 atom stereocenters. The molecule has 0 aliphatic carbocycles. The number of imidazole rings is 1. The molecule has 0 bridgehead atoms. The van der Waals surface area contributed by atoms with E-state index in [4.69, 9.17) is 9.72 Å². The number of nitrogens with zero attached hydrogens (tertiary/aromatic N) is 2. The van der Waals surface area contributed by atoms with Crippen molar-refractivity contribution < 1.29 is 4.74 Å². The molecule has 0 saturated heterocycles. The molecule has 1 heterocycles. The highest BCUT2D eigenvalue weighted by Crippen LogP contribution is 2.28. The summed E-state index contributed by atoms with van der Waals surface area (Å²) in [5.74, 6) is 3.01. The van der Waals surface area contributed by atoms with Gasteiger partial charge in [0, 0.05) is 12.5 Å². The third-order valence-electron chi connectivity index (χ3n) is 5.98. The van der Waals surface area contributed by atoms with E-state index in [9.17, 15) is 0 Å². The van der Waals surface area contributed by atoms with Gasteiger partial charge >= 0.3 is 0 Å². The number of unbranched alkanes of at least 4 members (excludes halogenated alkanes) is 1. The Morgan fingerprint density at radius 1 is 0.812 bits per heavy atom. The highest BCUT2D eigenvalue weighted by atomic mass is 16.5. The molecule has 4 rings (SSSR count). The summed E-state index contributed by atoms with van der Waals surface area (Å²) in [7, 11) is 0. The SMILES string of the molecule is CC(C)Cc1ccc([C@H](C)c2nc3ccccc3n2CCCCOc2ccccc2)cc1. The Balaban J connectivity index is 1.47. The van der Waals surface area contributed by atoms with Crippen molar-refractivity contribution in [3.05, 3.63) is 95.8 Å². The molecule has 0 unspecified atom stereocenters. The normalized spacial score (nSPS) is 12.4. The van der Waals surface area contributed by atoms with Crippen LogP contribution in [0.3, 0.4) is 0 Å². The van der Waals surface area contributed by atoms with Gasteiger partial charge in [-0.2, -0.15) is 0 Å². The number of para-hydroxylation sites is 3. The topological polar surface area (TPSA) is 27.1 Å². The van der Waals surface area contributed by atoms with Gasteiger partial charge in [-0.1, -0.05) is 75.4 Å². The van der Waals surface area contributed by atoms with Crippen LogP contribution in [-0.2, 0) is 13.0 Å². The van der Waals surface area contributed by atoms with E-state index in [-0.39, 0.29) is 5.92 Å². The molecular formula is C29H34N2O. The Morgan fingerprint density at radius 2 is 1.53 bits per heavy atom. The maximum atomic E-state index is 5.87. The maximum Gasteiger partial charge on any atom is 0.119 e. The summed E-state index contributed by atoms with van der Waals surface area (Å²) in [6.45, 7) is 8.49. The van der Waals surface area contributed by atoms with Gasteiger partial charge in [-0.3, -0.25) is 0 Å². The van der Waals surface area contributed by atoms with E-state index in [0.717, 1.165) is 49.5 Å². The molecule has 4 aromatic rings. The number of rotatable bonds is 10. The Labute approximate surface area is 192 Å². The van der Waals surface area contributed by atoms with Crippen molar-refractivity contribution in [3.63, 3.8) is 0 Å². The summed E-state index contributed by atoms with van der Waals surface area (Å²) in [6.07, 6.45) is 3.19. The van der Waals surface area contributed by atoms with Crippen molar-refractivity contribution in [1.29, 1.82) is 0 Å². The molecule has 0 aliphatic rings. The number of aryl methyl sites for hydroxylation is 1. The van der Waals surface area contributed by atoms with Gasteiger partial charge in [-0.15, -0.1) is 0 Å². The summed E-state index contributed by atoms with van der Waals surface area (Å²) in [5, 5.41) is 0. The number of hydrogen-bond donors (Lipinski definition) is 0. The van der Waals surface area contributed by atoms with Crippen molar-refractivity contribution in [2.45, 2.75) is 52.5 Å². The van der Waals surface area contributed by atoms with Crippen LogP contribution in [0.5, 0.6) is 5.75 Å². The summed E-state index contributed by atoms with van der Waals surface area (Å²) in [4.78, 5) is 5.04. The Bertz CT molecular complexity index is 1110. The van der Waals surface area contributed by atoms with Crippen LogP contribution in [-0.4, -0.2) is 16.2 Å². The fraction of sp³-hybridized carbons (Fsp3) is 0.345. The predicted octanol–water partition coefficient (Wildman–Crippen LogP) is 7.25. The minimum absolute atomic E-state index is 0.246. The molecule has 0 spiro atoms. The Kier molecular flexibility index (Phi) is 7.26. The number of hydrogen-bond acceptors (Lipinski definition) is 2. The van der Waals surface area contributed by atoms with Crippen LogP contribution >= 0.6 is 0 Å². The fourth-order valence-electron chi connectivity index (χ4n) is 4.30. The first-order chi connectivity index (χ1) is 15.6. The van der Waals surface area contributed by atoms with Crippen LogP contribution in [0, 0.1) is 5.92 Å². The zero-order chi connectivity index (χ0) is 22.3. The van der Waals surface area contributed by atoms with Crippen molar-refractivity contribution in [2.24, 2.45) is 5.92 Å². The van der Waals surface area contributed by atoms with E-state index in [0.29, 0.717) is 5.92 Å². The summed E-state index contributed by atoms with van der Waals surface area (Å²) < 4.78 is 8.28. The Morgan fingerprint density at radius 3 is 2.28 bits per heavy atom. The van der Waals surface area contributed by atoms with E-state index < -0.39 is 0 Å². The first-order valence-corrected chi connectivity index (χ1v) is 11.8. The molecule has 0 aliphatic heterocycles. The summed E-state index contributed by atoms with van der Waals surface area (Å²) in [5.41, 5.74) is 5.02. The molecule has 0 saturated carbocycles. The smallest absolute Gasteiger partial charge is 0.119 e. The van der Waals surface area contributed by atoms with E-state index in [1.54, 1.807) is 0 Å². The lowest BCUT2D eigenvalue weighted by atomic mass is 9.96. The second-order valence-electron chi connectivity index (χ2n) is 9.04. The Hall–Kier alpha value is -3.07. The average molecular weight is 427 g/mol. The van der Waals surface area contributed by atoms with Crippen LogP contribution in [0.2, 0.25) is 0 Å². The minimum atomic E-state index is 0.246. The number of ether oxygens (including phenoxy) is 1. The van der Waals surface area contributed by atoms with Gasteiger partial charge in [0.15, 0.2) is 0 Å². The minimum Gasteiger partial charge on any atom is -0.494 e. The molecule has 3 heteroatoms. The highest BCUT2D eigenvalue weighted by molar-refractivity contribution is 5.76. The lowest BCUT2D eigenvalue weighted by molar-refractivity contribution is 0.303. The number of aromatic nitrogens is 2. The van der Waals surface area contributed by atoms with E-state index in [1.807, 2.05) is 30.3 Å². The van der Waals surface area contributed by atoms with Gasteiger partial charge in [0.2, 0.25) is 0 Å². The monoisotopic (exact) mass is 426 g/mol. The number of fused-ring (bicyclic) bond motifs is 1. The molecular weight excluding hydrogens is 392 g/mol. The van der Waals surface area contributed by atoms with Crippen molar-refractivity contribution in [1.82, 2.24) is 9.55 Å². The predicted molar refractivity (Wildman–Crippen MR) is 133 cm³/mol. The fourth-order valence-corrected chi connectivity index (χ4v) is 4.30. The first-order valence-electron chi connectivity index (χ1n) is 11.8. The quantitative estimate of drug-likeness (QED) is 0.250. The van der Waals surface area contributed by atoms with Gasteiger partial charge < -0.3 is 9.30 Å². The van der Waals surface area contributed by atoms with E-state index in [1.165, 1.54) is 16.6 Å². The van der Waals surface area contributed by atoms with Gasteiger partial charge in [0.25, 0.3) is 0 Å². The van der Waals surface area contributed by atoms with Crippen LogP contribution in [0.25, 0.3) is 11.0 Å². The zero-order valence-electron chi connectivity index (χ0n) is 19.5. The standard InChI is InChI=1S/C29H34N2O/c1-22(2)21-24-15-17-25(18-16-24)23(3)29-30-27-13-7-8-14-28(27)31(29)19-9-10-20-32-26-11-5-4-6-12-26/h4-8,11-18,22-23H,9-10,19-21H2,1-3H3/t23-/m0/s1. The second kappa shape index (κ2) is 10.5. The average Bonchev–Trinajstić information content (AvgIpc) is 3.18. The summed E-state index contributed by atoms with van der Waals surface area (Å²) in [6, 6.07) is 27.6.